The summed E-state index contributed by atoms with van der Waals surface area (Å²) in [4.78, 5) is 14.9. The number of fused-ring (bicyclic) bond motifs is 2. The molecule has 21 heavy (non-hydrogen) atoms. The normalized spacial score (nSPS) is 14.2. The van der Waals surface area contributed by atoms with Crippen LogP contribution < -0.4 is 9.47 Å². The van der Waals surface area contributed by atoms with Gasteiger partial charge in [-0.15, -0.1) is 0 Å². The number of hydrogen-bond acceptors (Lipinski definition) is 4. The van der Waals surface area contributed by atoms with Crippen molar-refractivity contribution >= 4 is 11.5 Å². The number of rotatable bonds is 2. The fraction of sp³-hybridized carbons (Fsp3) is 0.118. The van der Waals surface area contributed by atoms with Crippen molar-refractivity contribution in [3.8, 4) is 11.5 Å². The van der Waals surface area contributed by atoms with E-state index in [1.165, 1.54) is 6.08 Å². The number of carbonyl (C=O) groups excluding carboxylic acids is 1. The molecule has 0 spiro atoms. The van der Waals surface area contributed by atoms with Crippen molar-refractivity contribution in [1.82, 2.24) is 4.98 Å². The Kier molecular flexibility index (Phi) is 3.54. The molecule has 0 fully saturated rings. The summed E-state index contributed by atoms with van der Waals surface area (Å²) >= 11 is 0. The number of benzene rings is 1. The first-order valence-corrected chi connectivity index (χ1v) is 6.50. The summed E-state index contributed by atoms with van der Waals surface area (Å²) in [5, 5.41) is 0. The zero-order valence-electron chi connectivity index (χ0n) is 11.5. The molecule has 4 nitrogen and oxygen atoms in total. The lowest BCUT2D eigenvalue weighted by Gasteiger charge is -2.10. The van der Waals surface area contributed by atoms with Gasteiger partial charge in [0, 0.05) is 23.4 Å². The van der Waals surface area contributed by atoms with Gasteiger partial charge in [-0.25, -0.2) is 4.79 Å². The predicted molar refractivity (Wildman–Crippen MR) is 78.9 cm³/mol. The maximum Gasteiger partial charge on any atom is 0.131 e. The van der Waals surface area contributed by atoms with Crippen LogP contribution in [0.5, 0.6) is 11.5 Å². The van der Waals surface area contributed by atoms with Crippen molar-refractivity contribution in [3.05, 3.63) is 65.5 Å². The van der Waals surface area contributed by atoms with Crippen molar-refractivity contribution in [2.24, 2.45) is 0 Å². The van der Waals surface area contributed by atoms with E-state index in [1.54, 1.807) is 25.3 Å². The second-order valence-electron chi connectivity index (χ2n) is 4.51. The van der Waals surface area contributed by atoms with Crippen LogP contribution in [0, 0.1) is 0 Å². The first kappa shape index (κ1) is 13.2. The molecule has 1 aliphatic rings. The number of pyridine rings is 1. The van der Waals surface area contributed by atoms with Crippen LogP contribution in [0.1, 0.15) is 16.8 Å². The molecule has 1 aliphatic heterocycles. The van der Waals surface area contributed by atoms with E-state index in [2.05, 4.69) is 4.98 Å². The van der Waals surface area contributed by atoms with E-state index in [0.29, 0.717) is 6.61 Å². The van der Waals surface area contributed by atoms with Crippen molar-refractivity contribution in [1.29, 1.82) is 0 Å². The second kappa shape index (κ2) is 5.65. The van der Waals surface area contributed by atoms with Gasteiger partial charge in [-0.05, 0) is 35.9 Å². The number of aromatic nitrogens is 1. The third-order valence-electron chi connectivity index (χ3n) is 3.34. The number of hydrogen-bond donors (Lipinski definition) is 0. The van der Waals surface area contributed by atoms with Crippen LogP contribution in [0.15, 0.2) is 48.7 Å². The van der Waals surface area contributed by atoms with Crippen LogP contribution in [-0.2, 0) is 11.4 Å². The van der Waals surface area contributed by atoms with Crippen LogP contribution >= 0.6 is 0 Å². The van der Waals surface area contributed by atoms with Crippen molar-refractivity contribution < 1.29 is 14.3 Å². The molecule has 1 aromatic heterocycles. The summed E-state index contributed by atoms with van der Waals surface area (Å²) < 4.78 is 11.1. The Morgan fingerprint density at radius 3 is 3.05 bits per heavy atom. The van der Waals surface area contributed by atoms with Gasteiger partial charge >= 0.3 is 0 Å². The van der Waals surface area contributed by atoms with Crippen molar-refractivity contribution in [2.45, 2.75) is 6.61 Å². The number of ether oxygens (including phenoxy) is 2. The van der Waals surface area contributed by atoms with Gasteiger partial charge in [-0.1, -0.05) is 6.07 Å². The third-order valence-corrected chi connectivity index (χ3v) is 3.34. The van der Waals surface area contributed by atoms with Crippen molar-refractivity contribution in [2.75, 3.05) is 7.11 Å². The number of methoxy groups -OCH3 is 1. The van der Waals surface area contributed by atoms with Crippen molar-refractivity contribution in [3.63, 3.8) is 0 Å². The maximum atomic E-state index is 10.6. The van der Waals surface area contributed by atoms with Gasteiger partial charge in [-0.3, -0.25) is 4.98 Å². The zero-order valence-corrected chi connectivity index (χ0v) is 11.5. The van der Waals surface area contributed by atoms with Crippen LogP contribution in [0.4, 0.5) is 0 Å². The fourth-order valence-corrected chi connectivity index (χ4v) is 2.36. The van der Waals surface area contributed by atoms with E-state index in [9.17, 15) is 4.79 Å². The molecule has 0 atom stereocenters. The predicted octanol–water partition coefficient (Wildman–Crippen LogP) is 2.80. The third kappa shape index (κ3) is 2.45. The van der Waals surface area contributed by atoms with E-state index in [-0.39, 0.29) is 0 Å². The highest BCUT2D eigenvalue weighted by Gasteiger charge is 2.20. The van der Waals surface area contributed by atoms with E-state index < -0.39 is 0 Å². The Balaban J connectivity index is 2.27. The Hall–Kier alpha value is -2.84. The zero-order chi connectivity index (χ0) is 14.7. The Morgan fingerprint density at radius 2 is 2.24 bits per heavy atom. The molecule has 2 aromatic rings. The highest BCUT2D eigenvalue weighted by atomic mass is 16.5. The fourth-order valence-electron chi connectivity index (χ4n) is 2.36. The lowest BCUT2D eigenvalue weighted by atomic mass is 9.96. The highest BCUT2D eigenvalue weighted by molar-refractivity contribution is 5.86. The Bertz CT molecular complexity index is 758. The summed E-state index contributed by atoms with van der Waals surface area (Å²) in [5.41, 5.74) is 3.51. The van der Waals surface area contributed by atoms with E-state index in [1.807, 2.05) is 30.3 Å². The molecule has 1 aromatic carbocycles. The maximum absolute atomic E-state index is 10.6. The highest BCUT2D eigenvalue weighted by Crippen LogP contribution is 2.37. The Labute approximate surface area is 122 Å². The van der Waals surface area contributed by atoms with Gasteiger partial charge in [0.15, 0.2) is 0 Å². The summed E-state index contributed by atoms with van der Waals surface area (Å²) in [6, 6.07) is 9.42. The molecule has 0 radical (unpaired) electrons. The number of nitrogens with zero attached hydrogens (tertiary/aromatic N) is 1. The largest absolute Gasteiger partial charge is 0.497 e. The average molecular weight is 279 g/mol. The van der Waals surface area contributed by atoms with Gasteiger partial charge in [0.1, 0.15) is 24.0 Å². The molecule has 2 heterocycles. The summed E-state index contributed by atoms with van der Waals surface area (Å²) in [6.45, 7) is 0.387. The summed E-state index contributed by atoms with van der Waals surface area (Å²) in [5.74, 6) is 3.24. The molecule has 3 rings (SSSR count). The van der Waals surface area contributed by atoms with Crippen LogP contribution in [0.25, 0.3) is 5.57 Å². The smallest absolute Gasteiger partial charge is 0.131 e. The molecule has 0 N–H and O–H groups in total. The quantitative estimate of drug-likeness (QED) is 0.793. The topological polar surface area (TPSA) is 48.4 Å². The first-order valence-electron chi connectivity index (χ1n) is 6.50. The minimum Gasteiger partial charge on any atom is -0.497 e. The molecule has 4 heteroatoms. The van der Waals surface area contributed by atoms with Gasteiger partial charge in [0.2, 0.25) is 0 Å². The van der Waals surface area contributed by atoms with E-state index in [4.69, 9.17) is 9.47 Å². The van der Waals surface area contributed by atoms with Gasteiger partial charge in [0.05, 0.1) is 12.8 Å². The molecule has 0 amide bonds. The van der Waals surface area contributed by atoms with Gasteiger partial charge in [0.25, 0.3) is 0 Å². The molecule has 104 valence electrons. The van der Waals surface area contributed by atoms with Crippen LogP contribution in [0.2, 0.25) is 0 Å². The summed E-state index contributed by atoms with van der Waals surface area (Å²) in [7, 11) is 1.61. The molecule has 0 saturated carbocycles. The first-order chi connectivity index (χ1) is 10.3. The van der Waals surface area contributed by atoms with Gasteiger partial charge < -0.3 is 9.47 Å². The Morgan fingerprint density at radius 1 is 1.33 bits per heavy atom. The molecule has 0 saturated heterocycles. The molecule has 0 unspecified atom stereocenters. The molecular weight excluding hydrogens is 266 g/mol. The van der Waals surface area contributed by atoms with E-state index in [0.717, 1.165) is 33.9 Å². The SMILES string of the molecule is COc1ccc2c(c1)C(=CC=C=O)c1cccnc1CO2. The molecule has 0 aliphatic carbocycles. The molecular formula is C17H13NO3. The lowest BCUT2D eigenvalue weighted by Crippen LogP contribution is -1.98. The minimum absolute atomic E-state index is 0.387. The second-order valence-corrected chi connectivity index (χ2v) is 4.51. The lowest BCUT2D eigenvalue weighted by molar-refractivity contribution is 0.302. The van der Waals surface area contributed by atoms with Crippen LogP contribution in [-0.4, -0.2) is 18.0 Å². The minimum atomic E-state index is 0.387. The molecule has 0 bridgehead atoms. The van der Waals surface area contributed by atoms with E-state index >= 15 is 0 Å². The summed E-state index contributed by atoms with van der Waals surface area (Å²) in [6.07, 6.45) is 4.80. The average Bonchev–Trinajstić information content (AvgIpc) is 2.69. The van der Waals surface area contributed by atoms with Crippen LogP contribution in [0.3, 0.4) is 0 Å². The number of allylic oxidation sites excluding steroid dienone is 2. The monoisotopic (exact) mass is 279 g/mol. The van der Waals surface area contributed by atoms with Gasteiger partial charge in [-0.2, -0.15) is 0 Å². The standard InChI is InChI=1S/C17H13NO3/c1-20-12-6-7-17-15(10-12)13(5-3-9-19)14-4-2-8-18-16(14)11-21-17/h2-8,10H,11H2,1H3.